The number of carbonyl (C=O) groups excluding carboxylic acids is 2. The molecule has 1 aromatic carbocycles. The summed E-state index contributed by atoms with van der Waals surface area (Å²) in [7, 11) is 0. The van der Waals surface area contributed by atoms with Crippen molar-refractivity contribution >= 4 is 11.8 Å². The highest BCUT2D eigenvalue weighted by atomic mass is 19.4. The van der Waals surface area contributed by atoms with E-state index in [1.165, 1.54) is 0 Å². The van der Waals surface area contributed by atoms with Crippen LogP contribution in [0.1, 0.15) is 48.5 Å². The Kier molecular flexibility index (Phi) is 5.51. The van der Waals surface area contributed by atoms with Crippen molar-refractivity contribution in [2.24, 2.45) is 0 Å². The van der Waals surface area contributed by atoms with Crippen molar-refractivity contribution in [3.8, 4) is 0 Å². The molecule has 1 N–H and O–H groups in total. The smallest absolute Gasteiger partial charge is 0.349 e. The van der Waals surface area contributed by atoms with Crippen molar-refractivity contribution in [1.29, 1.82) is 0 Å². The SMILES string of the molecule is CC(C)c1ccc(C(=O)NC2CCN(C(=O)C(F)(F)F)CC2)cc1. The summed E-state index contributed by atoms with van der Waals surface area (Å²) >= 11 is 0. The van der Waals surface area contributed by atoms with E-state index in [-0.39, 0.29) is 25.0 Å². The molecule has 0 spiro atoms. The fourth-order valence-electron chi connectivity index (χ4n) is 2.69. The van der Waals surface area contributed by atoms with Crippen LogP contribution in [-0.2, 0) is 4.79 Å². The van der Waals surface area contributed by atoms with E-state index >= 15 is 0 Å². The van der Waals surface area contributed by atoms with Gasteiger partial charge in [-0.2, -0.15) is 13.2 Å². The number of hydrogen-bond acceptors (Lipinski definition) is 2. The molecule has 0 radical (unpaired) electrons. The molecule has 0 unspecified atom stereocenters. The van der Waals surface area contributed by atoms with Gasteiger partial charge in [0, 0.05) is 24.7 Å². The molecular formula is C17H21F3N2O2. The average molecular weight is 342 g/mol. The van der Waals surface area contributed by atoms with Crippen LogP contribution in [-0.4, -0.2) is 42.0 Å². The van der Waals surface area contributed by atoms with Gasteiger partial charge in [0.05, 0.1) is 0 Å². The second kappa shape index (κ2) is 7.23. The van der Waals surface area contributed by atoms with Gasteiger partial charge in [-0.3, -0.25) is 9.59 Å². The number of nitrogens with zero attached hydrogens (tertiary/aromatic N) is 1. The fourth-order valence-corrected chi connectivity index (χ4v) is 2.69. The van der Waals surface area contributed by atoms with Crippen LogP contribution in [0.2, 0.25) is 0 Å². The molecule has 132 valence electrons. The van der Waals surface area contributed by atoms with Crippen LogP contribution in [0.5, 0.6) is 0 Å². The monoisotopic (exact) mass is 342 g/mol. The normalized spacial score (nSPS) is 16.3. The summed E-state index contributed by atoms with van der Waals surface area (Å²) in [6.45, 7) is 4.11. The Morgan fingerprint density at radius 1 is 1.12 bits per heavy atom. The lowest BCUT2D eigenvalue weighted by atomic mass is 10.0. The molecule has 2 amide bonds. The highest BCUT2D eigenvalue weighted by Crippen LogP contribution is 2.22. The van der Waals surface area contributed by atoms with Crippen LogP contribution in [0.15, 0.2) is 24.3 Å². The number of piperidine rings is 1. The highest BCUT2D eigenvalue weighted by molar-refractivity contribution is 5.94. The molecule has 24 heavy (non-hydrogen) atoms. The van der Waals surface area contributed by atoms with E-state index in [1.54, 1.807) is 12.1 Å². The largest absolute Gasteiger partial charge is 0.471 e. The zero-order valence-corrected chi connectivity index (χ0v) is 13.7. The summed E-state index contributed by atoms with van der Waals surface area (Å²) in [4.78, 5) is 24.2. The lowest BCUT2D eigenvalue weighted by Gasteiger charge is -2.32. The molecule has 1 aliphatic heterocycles. The number of likely N-dealkylation sites (tertiary alicyclic amines) is 1. The van der Waals surface area contributed by atoms with E-state index in [9.17, 15) is 22.8 Å². The van der Waals surface area contributed by atoms with Crippen LogP contribution in [0.4, 0.5) is 13.2 Å². The number of amides is 2. The lowest BCUT2D eigenvalue weighted by molar-refractivity contribution is -0.186. The second-order valence-electron chi connectivity index (χ2n) is 6.31. The molecule has 7 heteroatoms. The fraction of sp³-hybridized carbons (Fsp3) is 0.529. The number of hydrogen-bond donors (Lipinski definition) is 1. The van der Waals surface area contributed by atoms with Crippen molar-refractivity contribution < 1.29 is 22.8 Å². The number of rotatable bonds is 3. The quantitative estimate of drug-likeness (QED) is 0.918. The molecule has 1 aromatic rings. The minimum atomic E-state index is -4.84. The average Bonchev–Trinajstić information content (AvgIpc) is 2.54. The van der Waals surface area contributed by atoms with E-state index < -0.39 is 12.1 Å². The molecule has 4 nitrogen and oxygen atoms in total. The summed E-state index contributed by atoms with van der Waals surface area (Å²) in [6, 6.07) is 7.05. The summed E-state index contributed by atoms with van der Waals surface area (Å²) in [5.74, 6) is -1.68. The topological polar surface area (TPSA) is 49.4 Å². The van der Waals surface area contributed by atoms with Gasteiger partial charge in [0.15, 0.2) is 0 Å². The number of halogens is 3. The Morgan fingerprint density at radius 3 is 2.12 bits per heavy atom. The number of alkyl halides is 3. The van der Waals surface area contributed by atoms with Crippen LogP contribution in [0.25, 0.3) is 0 Å². The molecule has 0 aliphatic carbocycles. The van der Waals surface area contributed by atoms with Crippen molar-refractivity contribution in [3.63, 3.8) is 0 Å². The molecule has 0 atom stereocenters. The maximum Gasteiger partial charge on any atom is 0.471 e. The van der Waals surface area contributed by atoms with Gasteiger partial charge in [0.2, 0.25) is 0 Å². The van der Waals surface area contributed by atoms with Gasteiger partial charge in [-0.15, -0.1) is 0 Å². The molecule has 1 fully saturated rings. The third-order valence-corrected chi connectivity index (χ3v) is 4.20. The second-order valence-corrected chi connectivity index (χ2v) is 6.31. The molecule has 0 aromatic heterocycles. The van der Waals surface area contributed by atoms with Gasteiger partial charge >= 0.3 is 12.1 Å². The molecule has 2 rings (SSSR count). The van der Waals surface area contributed by atoms with Crippen LogP contribution in [0, 0.1) is 0 Å². The van der Waals surface area contributed by atoms with Crippen molar-refractivity contribution in [2.75, 3.05) is 13.1 Å². The van der Waals surface area contributed by atoms with Crippen LogP contribution >= 0.6 is 0 Å². The maximum atomic E-state index is 12.4. The number of carbonyl (C=O) groups is 2. The predicted molar refractivity (Wildman–Crippen MR) is 83.7 cm³/mol. The molecule has 1 saturated heterocycles. The number of nitrogens with one attached hydrogen (secondary N) is 1. The predicted octanol–water partition coefficient (Wildman–Crippen LogP) is 3.09. The molecule has 1 aliphatic rings. The summed E-state index contributed by atoms with van der Waals surface area (Å²) in [6.07, 6.45) is -4.20. The van der Waals surface area contributed by atoms with Gasteiger partial charge < -0.3 is 10.2 Å². The van der Waals surface area contributed by atoms with Gasteiger partial charge in [0.1, 0.15) is 0 Å². The number of benzene rings is 1. The van der Waals surface area contributed by atoms with E-state index in [0.717, 1.165) is 10.5 Å². The third-order valence-electron chi connectivity index (χ3n) is 4.20. The summed E-state index contributed by atoms with van der Waals surface area (Å²) < 4.78 is 37.2. The highest BCUT2D eigenvalue weighted by Gasteiger charge is 2.43. The first-order valence-corrected chi connectivity index (χ1v) is 7.95. The van der Waals surface area contributed by atoms with E-state index in [4.69, 9.17) is 0 Å². The molecule has 0 bridgehead atoms. The Morgan fingerprint density at radius 2 is 1.67 bits per heavy atom. The molecular weight excluding hydrogens is 321 g/mol. The van der Waals surface area contributed by atoms with Crippen molar-refractivity contribution in [1.82, 2.24) is 10.2 Å². The zero-order valence-electron chi connectivity index (χ0n) is 13.7. The van der Waals surface area contributed by atoms with Crippen molar-refractivity contribution in [2.45, 2.75) is 44.8 Å². The van der Waals surface area contributed by atoms with Gasteiger partial charge in [-0.05, 0) is 36.5 Å². The van der Waals surface area contributed by atoms with Gasteiger partial charge in [0.25, 0.3) is 5.91 Å². The Balaban J connectivity index is 1.87. The van der Waals surface area contributed by atoms with Crippen LogP contribution < -0.4 is 5.32 Å². The molecule has 0 saturated carbocycles. The Labute approximate surface area is 139 Å². The zero-order chi connectivity index (χ0) is 17.9. The Hall–Kier alpha value is -2.05. The lowest BCUT2D eigenvalue weighted by Crippen LogP contribution is -2.50. The summed E-state index contributed by atoms with van der Waals surface area (Å²) in [5, 5.41) is 2.82. The minimum Gasteiger partial charge on any atom is -0.349 e. The maximum absolute atomic E-state index is 12.4. The molecule has 1 heterocycles. The summed E-state index contributed by atoms with van der Waals surface area (Å²) in [5.41, 5.74) is 1.65. The van der Waals surface area contributed by atoms with E-state index in [2.05, 4.69) is 19.2 Å². The first-order chi connectivity index (χ1) is 11.2. The van der Waals surface area contributed by atoms with Crippen LogP contribution in [0.3, 0.4) is 0 Å². The van der Waals surface area contributed by atoms with E-state index in [0.29, 0.717) is 24.3 Å². The first kappa shape index (κ1) is 18.3. The van der Waals surface area contributed by atoms with Gasteiger partial charge in [-0.25, -0.2) is 0 Å². The standard InChI is InChI=1S/C17H21F3N2O2/c1-11(2)12-3-5-13(6-4-12)15(23)21-14-7-9-22(10-8-14)16(24)17(18,19)20/h3-6,11,14H,7-10H2,1-2H3,(H,21,23). The Bertz CT molecular complexity index is 589. The van der Waals surface area contributed by atoms with Gasteiger partial charge in [-0.1, -0.05) is 26.0 Å². The van der Waals surface area contributed by atoms with Crippen molar-refractivity contribution in [3.05, 3.63) is 35.4 Å². The van der Waals surface area contributed by atoms with E-state index in [1.807, 2.05) is 12.1 Å². The first-order valence-electron chi connectivity index (χ1n) is 7.95. The minimum absolute atomic E-state index is 0.00439. The third kappa shape index (κ3) is 4.49.